The molecule has 118 valence electrons. The molecule has 0 aliphatic rings. The van der Waals surface area contributed by atoms with E-state index in [1.807, 2.05) is 6.92 Å². The Kier molecular flexibility index (Phi) is 12.9. The summed E-state index contributed by atoms with van der Waals surface area (Å²) < 4.78 is 29.7. The van der Waals surface area contributed by atoms with Crippen LogP contribution < -0.4 is 18.1 Å². The van der Waals surface area contributed by atoms with Gasteiger partial charge in [-0.2, -0.15) is 0 Å². The summed E-state index contributed by atoms with van der Waals surface area (Å²) in [5.74, 6) is -0.800. The highest BCUT2D eigenvalue weighted by atomic mass is 35.5. The van der Waals surface area contributed by atoms with Gasteiger partial charge in [0, 0.05) is 5.92 Å². The average molecular weight is 321 g/mol. The van der Waals surface area contributed by atoms with E-state index in [9.17, 15) is 17.8 Å². The Labute approximate surface area is 121 Å². The molecule has 0 heterocycles. The van der Waals surface area contributed by atoms with Gasteiger partial charge in [0.1, 0.15) is 10.1 Å². The first-order valence-electron chi connectivity index (χ1n) is 5.62. The SMILES string of the molecule is C[C@H](CC(=O)O)C[N+](C)(C)C.[Cl-].[NH3+]CCS(=O)(=O)[O-]. The third-order valence-corrected chi connectivity index (χ3v) is 2.57. The zero-order chi connectivity index (χ0) is 15.0. The summed E-state index contributed by atoms with van der Waals surface area (Å²) in [6, 6.07) is 0. The molecular formula is C10H25ClN2O5S. The first-order chi connectivity index (χ1) is 7.87. The third kappa shape index (κ3) is 27.0. The van der Waals surface area contributed by atoms with E-state index in [0.29, 0.717) is 0 Å². The maximum absolute atomic E-state index is 10.3. The zero-order valence-corrected chi connectivity index (χ0v) is 13.5. The van der Waals surface area contributed by atoms with Gasteiger partial charge in [-0.1, -0.05) is 6.92 Å². The quantitative estimate of drug-likeness (QED) is 0.378. The summed E-state index contributed by atoms with van der Waals surface area (Å²) in [4.78, 5) is 10.3. The predicted octanol–water partition coefficient (Wildman–Crippen LogP) is -4.42. The van der Waals surface area contributed by atoms with Crippen LogP contribution in [0, 0.1) is 5.92 Å². The molecule has 0 fully saturated rings. The van der Waals surface area contributed by atoms with Gasteiger partial charge in [-0.3, -0.25) is 4.79 Å². The van der Waals surface area contributed by atoms with Gasteiger partial charge >= 0.3 is 5.97 Å². The van der Waals surface area contributed by atoms with Crippen molar-refractivity contribution in [3.05, 3.63) is 0 Å². The van der Waals surface area contributed by atoms with Crippen LogP contribution in [-0.2, 0) is 14.9 Å². The minimum absolute atomic E-state index is 0. The van der Waals surface area contributed by atoms with E-state index in [1.165, 1.54) is 0 Å². The molecule has 7 nitrogen and oxygen atoms in total. The van der Waals surface area contributed by atoms with E-state index < -0.39 is 16.1 Å². The highest BCUT2D eigenvalue weighted by Crippen LogP contribution is 2.06. The fraction of sp³-hybridized carbons (Fsp3) is 0.900. The van der Waals surface area contributed by atoms with E-state index in [-0.39, 0.29) is 37.0 Å². The van der Waals surface area contributed by atoms with E-state index in [1.54, 1.807) is 0 Å². The molecule has 0 aromatic rings. The molecule has 0 spiro atoms. The van der Waals surface area contributed by atoms with Crippen molar-refractivity contribution in [2.24, 2.45) is 5.92 Å². The number of hydrogen-bond donors (Lipinski definition) is 2. The Morgan fingerprint density at radius 3 is 1.95 bits per heavy atom. The van der Waals surface area contributed by atoms with Crippen molar-refractivity contribution in [1.82, 2.24) is 0 Å². The third-order valence-electron chi connectivity index (χ3n) is 1.78. The fourth-order valence-electron chi connectivity index (χ4n) is 1.47. The molecule has 9 heteroatoms. The van der Waals surface area contributed by atoms with Crippen LogP contribution in [0.5, 0.6) is 0 Å². The molecule has 0 aromatic carbocycles. The molecule has 19 heavy (non-hydrogen) atoms. The number of carboxylic acid groups (broad SMARTS) is 1. The number of quaternary nitrogens is 2. The summed E-state index contributed by atoms with van der Waals surface area (Å²) in [7, 11) is 2.22. The minimum atomic E-state index is -3.99. The van der Waals surface area contributed by atoms with Crippen LogP contribution in [0.1, 0.15) is 13.3 Å². The summed E-state index contributed by atoms with van der Waals surface area (Å²) in [5.41, 5.74) is 3.19. The second-order valence-electron chi connectivity index (χ2n) is 5.29. The van der Waals surface area contributed by atoms with Gasteiger partial charge in [-0.05, 0) is 0 Å². The van der Waals surface area contributed by atoms with E-state index >= 15 is 0 Å². The lowest BCUT2D eigenvalue weighted by Gasteiger charge is -2.26. The smallest absolute Gasteiger partial charge is 0.303 e. The summed E-state index contributed by atoms with van der Waals surface area (Å²) in [6.45, 7) is 3.04. The van der Waals surface area contributed by atoms with E-state index in [4.69, 9.17) is 5.11 Å². The molecule has 0 amide bonds. The Bertz CT molecular complexity index is 340. The van der Waals surface area contributed by atoms with Gasteiger partial charge in [-0.25, -0.2) is 8.42 Å². The largest absolute Gasteiger partial charge is 1.00 e. The van der Waals surface area contributed by atoms with Crippen molar-refractivity contribution in [1.29, 1.82) is 0 Å². The van der Waals surface area contributed by atoms with Crippen molar-refractivity contribution in [2.45, 2.75) is 13.3 Å². The summed E-state index contributed by atoms with van der Waals surface area (Å²) in [6.07, 6.45) is 0.273. The molecule has 0 aliphatic carbocycles. The number of carboxylic acids is 1. The number of carbonyl (C=O) groups is 1. The molecule has 0 unspecified atom stereocenters. The highest BCUT2D eigenvalue weighted by Gasteiger charge is 2.15. The van der Waals surface area contributed by atoms with E-state index in [0.717, 1.165) is 11.0 Å². The topological polar surface area (TPSA) is 122 Å². The number of hydrogen-bond acceptors (Lipinski definition) is 4. The second kappa shape index (κ2) is 10.4. The minimum Gasteiger partial charge on any atom is -1.00 e. The van der Waals surface area contributed by atoms with Crippen LogP contribution >= 0.6 is 0 Å². The monoisotopic (exact) mass is 320 g/mol. The van der Waals surface area contributed by atoms with Gasteiger partial charge in [0.15, 0.2) is 0 Å². The van der Waals surface area contributed by atoms with Crippen LogP contribution in [0.25, 0.3) is 0 Å². The fourth-order valence-corrected chi connectivity index (χ4v) is 1.83. The molecule has 0 aliphatic heterocycles. The molecule has 4 N–H and O–H groups in total. The first kappa shape index (κ1) is 23.7. The van der Waals surface area contributed by atoms with Gasteiger partial charge in [-0.15, -0.1) is 0 Å². The Morgan fingerprint density at radius 1 is 1.37 bits per heavy atom. The first-order valence-corrected chi connectivity index (χ1v) is 7.20. The van der Waals surface area contributed by atoms with Crippen LogP contribution in [0.4, 0.5) is 0 Å². The number of halogens is 1. The van der Waals surface area contributed by atoms with Crippen molar-refractivity contribution in [2.75, 3.05) is 40.0 Å². The Hall–Kier alpha value is -0.410. The van der Waals surface area contributed by atoms with Crippen LogP contribution in [0.3, 0.4) is 0 Å². The predicted molar refractivity (Wildman–Crippen MR) is 66.6 cm³/mol. The van der Waals surface area contributed by atoms with E-state index in [2.05, 4.69) is 26.9 Å². The standard InChI is InChI=1S/C8H17NO2.C2H7NO3S.ClH/c1-7(5-8(10)11)6-9(2,3)4;3-1-2-7(4,5)6;/h7H,5-6H2,1-4H3;1-3H2,(H,4,5,6);1H/t7-;;/m1../s1. The lowest BCUT2D eigenvalue weighted by Crippen LogP contribution is -3.00. The molecule has 0 radical (unpaired) electrons. The normalized spacial score (nSPS) is 12.7. The lowest BCUT2D eigenvalue weighted by atomic mass is 10.1. The van der Waals surface area contributed by atoms with Crippen molar-refractivity contribution >= 4 is 16.1 Å². The van der Waals surface area contributed by atoms with Crippen molar-refractivity contribution in [3.8, 4) is 0 Å². The zero-order valence-electron chi connectivity index (χ0n) is 11.9. The van der Waals surface area contributed by atoms with Gasteiger partial charge in [0.05, 0.1) is 46.4 Å². The van der Waals surface area contributed by atoms with Crippen molar-refractivity contribution < 1.29 is 45.5 Å². The summed E-state index contributed by atoms with van der Waals surface area (Å²) in [5, 5.41) is 8.47. The average Bonchev–Trinajstić information content (AvgIpc) is 1.95. The number of nitrogens with zero attached hydrogens (tertiary/aromatic N) is 1. The van der Waals surface area contributed by atoms with Crippen LogP contribution in [0.15, 0.2) is 0 Å². The molecule has 0 rings (SSSR count). The Balaban J connectivity index is -0.000000280. The molecule has 0 saturated heterocycles. The molecule has 0 saturated carbocycles. The highest BCUT2D eigenvalue weighted by molar-refractivity contribution is 7.85. The van der Waals surface area contributed by atoms with Gasteiger partial charge in [0.25, 0.3) is 0 Å². The molecule has 1 atom stereocenters. The second-order valence-corrected chi connectivity index (χ2v) is 6.81. The molecule has 0 aromatic heterocycles. The maximum atomic E-state index is 10.3. The molecular weight excluding hydrogens is 296 g/mol. The van der Waals surface area contributed by atoms with Gasteiger partial charge in [0.2, 0.25) is 0 Å². The maximum Gasteiger partial charge on any atom is 0.303 e. The summed E-state index contributed by atoms with van der Waals surface area (Å²) >= 11 is 0. The lowest BCUT2D eigenvalue weighted by molar-refractivity contribution is -0.873. The number of rotatable bonds is 6. The van der Waals surface area contributed by atoms with Crippen LogP contribution in [-0.4, -0.2) is 68.5 Å². The Morgan fingerprint density at radius 2 is 1.79 bits per heavy atom. The molecule has 0 bridgehead atoms. The van der Waals surface area contributed by atoms with Crippen LogP contribution in [0.2, 0.25) is 0 Å². The van der Waals surface area contributed by atoms with Crippen molar-refractivity contribution in [3.63, 3.8) is 0 Å². The van der Waals surface area contributed by atoms with Gasteiger partial charge < -0.3 is 32.3 Å². The number of aliphatic carboxylic acids is 1.